The zero-order chi connectivity index (χ0) is 9.80. The minimum atomic E-state index is 0.566. The average Bonchev–Trinajstić information content (AvgIpc) is 2.72. The lowest BCUT2D eigenvalue weighted by Gasteiger charge is -2.28. The first kappa shape index (κ1) is 9.56. The molecule has 1 fully saturated rings. The van der Waals surface area contributed by atoms with Gasteiger partial charge in [0, 0.05) is 6.04 Å². The number of nitrogens with one attached hydrogen (secondary N) is 2. The minimum Gasteiger partial charge on any atom is -0.368 e. The van der Waals surface area contributed by atoms with Crippen molar-refractivity contribution < 1.29 is 0 Å². The van der Waals surface area contributed by atoms with Crippen LogP contribution in [0, 0.1) is 5.92 Å². The molecule has 0 unspecified atom stereocenters. The van der Waals surface area contributed by atoms with Gasteiger partial charge >= 0.3 is 0 Å². The number of H-pyrrole nitrogens is 1. The molecular weight excluding hydrogens is 174 g/mol. The van der Waals surface area contributed by atoms with Gasteiger partial charge in [0.15, 0.2) is 0 Å². The van der Waals surface area contributed by atoms with Crippen LogP contribution in [0.4, 0.5) is 5.82 Å². The Labute approximate surface area is 85.3 Å². The van der Waals surface area contributed by atoms with E-state index in [2.05, 4.69) is 22.2 Å². The van der Waals surface area contributed by atoms with E-state index >= 15 is 0 Å². The zero-order valence-corrected chi connectivity index (χ0v) is 8.79. The summed E-state index contributed by atoms with van der Waals surface area (Å²) in [5.74, 6) is 1.88. The molecular formula is C11H19N3. The molecule has 1 heterocycles. The molecule has 0 saturated heterocycles. The summed E-state index contributed by atoms with van der Waals surface area (Å²) in [4.78, 5) is 7.09. The molecule has 0 spiro atoms. The van der Waals surface area contributed by atoms with E-state index < -0.39 is 0 Å². The van der Waals surface area contributed by atoms with Gasteiger partial charge in [0.25, 0.3) is 0 Å². The molecule has 1 aliphatic rings. The summed E-state index contributed by atoms with van der Waals surface area (Å²) in [6.45, 7) is 2.27. The maximum atomic E-state index is 4.00. The Kier molecular flexibility index (Phi) is 3.07. The van der Waals surface area contributed by atoms with Crippen molar-refractivity contribution in [2.75, 3.05) is 5.32 Å². The lowest BCUT2D eigenvalue weighted by molar-refractivity contribution is 0.328. The van der Waals surface area contributed by atoms with Crippen molar-refractivity contribution >= 4 is 5.82 Å². The Morgan fingerprint density at radius 2 is 2.21 bits per heavy atom. The van der Waals surface area contributed by atoms with E-state index in [4.69, 9.17) is 0 Å². The predicted molar refractivity (Wildman–Crippen MR) is 58.2 cm³/mol. The van der Waals surface area contributed by atoms with E-state index in [1.54, 1.807) is 6.33 Å². The summed E-state index contributed by atoms with van der Waals surface area (Å²) in [5.41, 5.74) is 0. The fourth-order valence-corrected chi connectivity index (χ4v) is 2.33. The predicted octanol–water partition coefficient (Wildman–Crippen LogP) is 2.79. The summed E-state index contributed by atoms with van der Waals surface area (Å²) in [7, 11) is 0. The lowest BCUT2D eigenvalue weighted by Crippen LogP contribution is -2.27. The van der Waals surface area contributed by atoms with E-state index in [9.17, 15) is 0 Å². The van der Waals surface area contributed by atoms with E-state index in [1.807, 2.05) is 6.20 Å². The normalized spacial score (nSPS) is 20.6. The number of hydrogen-bond donors (Lipinski definition) is 2. The molecule has 1 saturated carbocycles. The zero-order valence-electron chi connectivity index (χ0n) is 8.79. The summed E-state index contributed by atoms with van der Waals surface area (Å²) in [6, 6.07) is 0.566. The van der Waals surface area contributed by atoms with Crippen LogP contribution >= 0.6 is 0 Å². The number of aromatic amines is 1. The molecule has 1 atom stereocenters. The number of imidazole rings is 1. The minimum absolute atomic E-state index is 0.566. The van der Waals surface area contributed by atoms with Crippen LogP contribution in [0.15, 0.2) is 12.5 Å². The summed E-state index contributed by atoms with van der Waals surface area (Å²) >= 11 is 0. The van der Waals surface area contributed by atoms with Crippen LogP contribution in [0.1, 0.15) is 39.0 Å². The Balaban J connectivity index is 1.85. The van der Waals surface area contributed by atoms with Crippen molar-refractivity contribution in [3.05, 3.63) is 12.5 Å². The van der Waals surface area contributed by atoms with Crippen molar-refractivity contribution in [2.45, 2.75) is 45.1 Å². The number of anilines is 1. The van der Waals surface area contributed by atoms with Gasteiger partial charge in [0.1, 0.15) is 5.82 Å². The molecule has 0 amide bonds. The number of rotatable bonds is 3. The van der Waals surface area contributed by atoms with Gasteiger partial charge in [-0.05, 0) is 25.7 Å². The Hall–Kier alpha value is -0.990. The van der Waals surface area contributed by atoms with E-state index in [0.717, 1.165) is 11.7 Å². The average molecular weight is 193 g/mol. The van der Waals surface area contributed by atoms with Gasteiger partial charge in [-0.1, -0.05) is 19.3 Å². The fourth-order valence-electron chi connectivity index (χ4n) is 2.33. The van der Waals surface area contributed by atoms with Gasteiger partial charge in [0.2, 0.25) is 0 Å². The Bertz CT molecular complexity index is 250. The van der Waals surface area contributed by atoms with Gasteiger partial charge < -0.3 is 10.3 Å². The number of aromatic nitrogens is 2. The maximum absolute atomic E-state index is 4.00. The molecule has 0 radical (unpaired) electrons. The standard InChI is InChI=1S/C11H19N3/c1-9(10-5-3-2-4-6-10)14-11-7-12-8-13-11/h7-10,14H,2-6H2,1H3,(H,12,13)/t9-/m0/s1. The van der Waals surface area contributed by atoms with Crippen LogP contribution in [-0.4, -0.2) is 16.0 Å². The van der Waals surface area contributed by atoms with Crippen molar-refractivity contribution in [1.29, 1.82) is 0 Å². The molecule has 2 N–H and O–H groups in total. The van der Waals surface area contributed by atoms with Gasteiger partial charge in [-0.15, -0.1) is 0 Å². The molecule has 3 heteroatoms. The van der Waals surface area contributed by atoms with Crippen LogP contribution in [0.2, 0.25) is 0 Å². The number of nitrogens with zero attached hydrogens (tertiary/aromatic N) is 1. The molecule has 1 aliphatic carbocycles. The maximum Gasteiger partial charge on any atom is 0.123 e. The summed E-state index contributed by atoms with van der Waals surface area (Å²) in [6.07, 6.45) is 10.5. The number of hydrogen-bond acceptors (Lipinski definition) is 2. The first-order valence-electron chi connectivity index (χ1n) is 5.61. The Morgan fingerprint density at radius 1 is 1.43 bits per heavy atom. The summed E-state index contributed by atoms with van der Waals surface area (Å²) < 4.78 is 0. The van der Waals surface area contributed by atoms with E-state index in [-0.39, 0.29) is 0 Å². The largest absolute Gasteiger partial charge is 0.368 e. The summed E-state index contributed by atoms with van der Waals surface area (Å²) in [5, 5.41) is 3.47. The smallest absolute Gasteiger partial charge is 0.123 e. The first-order chi connectivity index (χ1) is 6.86. The molecule has 3 nitrogen and oxygen atoms in total. The molecule has 0 aliphatic heterocycles. The van der Waals surface area contributed by atoms with Gasteiger partial charge in [-0.25, -0.2) is 4.98 Å². The lowest BCUT2D eigenvalue weighted by atomic mass is 9.84. The monoisotopic (exact) mass is 193 g/mol. The fraction of sp³-hybridized carbons (Fsp3) is 0.727. The van der Waals surface area contributed by atoms with E-state index in [1.165, 1.54) is 32.1 Å². The second-order valence-electron chi connectivity index (χ2n) is 4.30. The molecule has 0 bridgehead atoms. The third-order valence-corrected chi connectivity index (χ3v) is 3.24. The highest BCUT2D eigenvalue weighted by atomic mass is 15.1. The van der Waals surface area contributed by atoms with Gasteiger partial charge in [-0.2, -0.15) is 0 Å². The Morgan fingerprint density at radius 3 is 2.86 bits per heavy atom. The van der Waals surface area contributed by atoms with Crippen LogP contribution in [0.5, 0.6) is 0 Å². The SMILES string of the molecule is C[C@H](Nc1cnc[nH]1)C1CCCCC1. The molecule has 1 aromatic rings. The molecule has 78 valence electrons. The van der Waals surface area contributed by atoms with Crippen molar-refractivity contribution in [2.24, 2.45) is 5.92 Å². The van der Waals surface area contributed by atoms with Crippen molar-refractivity contribution in [3.63, 3.8) is 0 Å². The highest BCUT2D eigenvalue weighted by Crippen LogP contribution is 2.27. The molecule has 14 heavy (non-hydrogen) atoms. The van der Waals surface area contributed by atoms with Gasteiger partial charge in [0.05, 0.1) is 12.5 Å². The quantitative estimate of drug-likeness (QED) is 0.775. The van der Waals surface area contributed by atoms with Crippen LogP contribution in [0.3, 0.4) is 0 Å². The molecule has 0 aromatic carbocycles. The first-order valence-corrected chi connectivity index (χ1v) is 5.61. The van der Waals surface area contributed by atoms with Gasteiger partial charge in [-0.3, -0.25) is 0 Å². The highest BCUT2D eigenvalue weighted by molar-refractivity contribution is 5.31. The van der Waals surface area contributed by atoms with Crippen LogP contribution in [0.25, 0.3) is 0 Å². The second-order valence-corrected chi connectivity index (χ2v) is 4.30. The van der Waals surface area contributed by atoms with Crippen LogP contribution < -0.4 is 5.32 Å². The topological polar surface area (TPSA) is 40.7 Å². The molecule has 2 rings (SSSR count). The van der Waals surface area contributed by atoms with Crippen LogP contribution in [-0.2, 0) is 0 Å². The molecule has 1 aromatic heterocycles. The second kappa shape index (κ2) is 4.49. The third kappa shape index (κ3) is 2.28. The van der Waals surface area contributed by atoms with Crippen molar-refractivity contribution in [1.82, 2.24) is 9.97 Å². The van der Waals surface area contributed by atoms with E-state index in [0.29, 0.717) is 6.04 Å². The third-order valence-electron chi connectivity index (χ3n) is 3.24. The highest BCUT2D eigenvalue weighted by Gasteiger charge is 2.19. The van der Waals surface area contributed by atoms with Crippen molar-refractivity contribution in [3.8, 4) is 0 Å².